The molecule has 0 unspecified atom stereocenters. The molecule has 6 nitrogen and oxygen atoms in total. The number of H-pyrrole nitrogens is 1. The third-order valence-electron chi connectivity index (χ3n) is 2.24. The highest BCUT2D eigenvalue weighted by Crippen LogP contribution is 2.09. The molecule has 1 N–H and O–H groups in total. The van der Waals surface area contributed by atoms with E-state index in [1.807, 2.05) is 4.98 Å². The minimum Gasteiger partial charge on any atom is -0.380 e. The monoisotopic (exact) mass is 280 g/mol. The summed E-state index contributed by atoms with van der Waals surface area (Å²) in [5, 5.41) is 0. The summed E-state index contributed by atoms with van der Waals surface area (Å²) >= 11 is 5.43. The van der Waals surface area contributed by atoms with Gasteiger partial charge in [0.05, 0.1) is 19.4 Å². The van der Waals surface area contributed by atoms with Gasteiger partial charge in [0.15, 0.2) is 0 Å². The van der Waals surface area contributed by atoms with Gasteiger partial charge in [-0.05, 0) is 0 Å². The quantitative estimate of drug-likeness (QED) is 0.582. The maximum Gasteiger partial charge on any atom is 0.330 e. The van der Waals surface area contributed by atoms with Crippen LogP contribution in [0.5, 0.6) is 0 Å². The summed E-state index contributed by atoms with van der Waals surface area (Å²) in [5.41, 5.74) is -1.78. The third-order valence-corrected chi connectivity index (χ3v) is 2.39. The van der Waals surface area contributed by atoms with Crippen molar-refractivity contribution in [2.75, 3.05) is 26.2 Å². The molecule has 1 aromatic heterocycles. The van der Waals surface area contributed by atoms with Crippen LogP contribution in [-0.4, -0.2) is 35.8 Å². The van der Waals surface area contributed by atoms with Crippen molar-refractivity contribution in [3.63, 3.8) is 0 Å². The van der Waals surface area contributed by atoms with Gasteiger partial charge < -0.3 is 9.47 Å². The molecule has 0 radical (unpaired) electrons. The maximum absolute atomic E-state index is 13.1. The van der Waals surface area contributed by atoms with E-state index in [0.29, 0.717) is 25.5 Å². The second kappa shape index (κ2) is 7.30. The second-order valence-corrected chi connectivity index (χ2v) is 3.80. The summed E-state index contributed by atoms with van der Waals surface area (Å²) in [6, 6.07) is 0. The number of nitrogens with one attached hydrogen (secondary N) is 1. The normalized spacial score (nSPS) is 12.6. The van der Waals surface area contributed by atoms with Crippen molar-refractivity contribution < 1.29 is 13.9 Å². The fourth-order valence-corrected chi connectivity index (χ4v) is 1.50. The minimum absolute atomic E-state index is 0.304. The van der Waals surface area contributed by atoms with Gasteiger partial charge in [-0.15, -0.1) is 11.6 Å². The molecular formula is C10H14ClFN2O4. The van der Waals surface area contributed by atoms with Crippen LogP contribution in [0.15, 0.2) is 15.8 Å². The van der Waals surface area contributed by atoms with Crippen LogP contribution >= 0.6 is 11.6 Å². The van der Waals surface area contributed by atoms with Gasteiger partial charge in [0, 0.05) is 19.4 Å². The molecule has 0 aromatic carbocycles. The van der Waals surface area contributed by atoms with Crippen molar-refractivity contribution in [3.05, 3.63) is 32.9 Å². The van der Waals surface area contributed by atoms with Gasteiger partial charge >= 0.3 is 5.69 Å². The molecule has 0 saturated heterocycles. The molecule has 1 atom stereocenters. The molecule has 0 saturated carbocycles. The van der Waals surface area contributed by atoms with E-state index in [0.717, 1.165) is 10.8 Å². The highest BCUT2D eigenvalue weighted by molar-refractivity contribution is 6.17. The number of ether oxygens (including phenoxy) is 2. The van der Waals surface area contributed by atoms with Crippen LogP contribution in [0.2, 0.25) is 0 Å². The van der Waals surface area contributed by atoms with E-state index >= 15 is 0 Å². The van der Waals surface area contributed by atoms with Crippen molar-refractivity contribution >= 4 is 11.6 Å². The van der Waals surface area contributed by atoms with E-state index in [9.17, 15) is 14.0 Å². The van der Waals surface area contributed by atoms with Crippen molar-refractivity contribution in [2.24, 2.45) is 0 Å². The Labute approximate surface area is 107 Å². The predicted octanol–water partition coefficient (Wildman–Crippen LogP) is 0.466. The highest BCUT2D eigenvalue weighted by atomic mass is 35.5. The van der Waals surface area contributed by atoms with Crippen LogP contribution in [0, 0.1) is 5.82 Å². The highest BCUT2D eigenvalue weighted by Gasteiger charge is 2.13. The summed E-state index contributed by atoms with van der Waals surface area (Å²) in [6.45, 7) is 0.686. The maximum atomic E-state index is 13.1. The summed E-state index contributed by atoms with van der Waals surface area (Å²) in [5.74, 6) is -0.677. The van der Waals surface area contributed by atoms with Crippen molar-refractivity contribution in [3.8, 4) is 0 Å². The van der Waals surface area contributed by atoms with Crippen molar-refractivity contribution in [1.29, 1.82) is 0 Å². The molecule has 102 valence electrons. The molecule has 0 bridgehead atoms. The first kappa shape index (κ1) is 14.9. The standard InChI is InChI=1S/C10H14ClFN2O4/c1-17-8(2-4-18-5-3-11)14-6-7(12)9(15)13-10(14)16/h6,8H,2-5H2,1H3,(H,13,15,16)/t8-/m1/s1. The Hall–Kier alpha value is -1.18. The topological polar surface area (TPSA) is 73.3 Å². The van der Waals surface area contributed by atoms with Gasteiger partial charge in [0.2, 0.25) is 5.82 Å². The SMILES string of the molecule is CO[C@H](CCOCCCl)n1cc(F)c(=O)[nH]c1=O. The number of halogens is 2. The van der Waals surface area contributed by atoms with E-state index in [2.05, 4.69) is 0 Å². The summed E-state index contributed by atoms with van der Waals surface area (Å²) < 4.78 is 24.3. The molecule has 18 heavy (non-hydrogen) atoms. The van der Waals surface area contributed by atoms with Crippen LogP contribution in [0.3, 0.4) is 0 Å². The van der Waals surface area contributed by atoms with Crippen LogP contribution in [0.1, 0.15) is 12.6 Å². The smallest absolute Gasteiger partial charge is 0.330 e. The zero-order valence-electron chi connectivity index (χ0n) is 9.82. The Kier molecular flexibility index (Phi) is 6.03. The molecule has 1 heterocycles. The molecule has 0 spiro atoms. The summed E-state index contributed by atoms with van der Waals surface area (Å²) in [6.07, 6.45) is 0.439. The number of alkyl halides is 1. The molecule has 0 aliphatic carbocycles. The Balaban J connectivity index is 2.79. The zero-order chi connectivity index (χ0) is 13.5. The number of aromatic amines is 1. The predicted molar refractivity (Wildman–Crippen MR) is 63.5 cm³/mol. The second-order valence-electron chi connectivity index (χ2n) is 3.42. The third kappa shape index (κ3) is 3.94. The van der Waals surface area contributed by atoms with E-state index in [-0.39, 0.29) is 0 Å². The Morgan fingerprint density at radius 2 is 2.22 bits per heavy atom. The van der Waals surface area contributed by atoms with E-state index in [1.165, 1.54) is 7.11 Å². The van der Waals surface area contributed by atoms with Gasteiger partial charge in [0.25, 0.3) is 5.56 Å². The van der Waals surface area contributed by atoms with Crippen LogP contribution < -0.4 is 11.2 Å². The number of nitrogens with zero attached hydrogens (tertiary/aromatic N) is 1. The lowest BCUT2D eigenvalue weighted by Gasteiger charge is -2.17. The Morgan fingerprint density at radius 3 is 2.83 bits per heavy atom. The number of hydrogen-bond acceptors (Lipinski definition) is 4. The minimum atomic E-state index is -1.05. The van der Waals surface area contributed by atoms with Gasteiger partial charge in [-0.1, -0.05) is 0 Å². The fourth-order valence-electron chi connectivity index (χ4n) is 1.39. The fraction of sp³-hybridized carbons (Fsp3) is 0.600. The zero-order valence-corrected chi connectivity index (χ0v) is 10.6. The number of aromatic nitrogens is 2. The molecule has 0 aliphatic heterocycles. The lowest BCUT2D eigenvalue weighted by Crippen LogP contribution is -2.34. The Bertz CT molecular complexity index is 488. The first-order chi connectivity index (χ1) is 8.60. The molecular weight excluding hydrogens is 267 g/mol. The molecule has 0 aliphatic rings. The molecule has 0 amide bonds. The first-order valence-electron chi connectivity index (χ1n) is 5.27. The molecule has 1 rings (SSSR count). The number of methoxy groups -OCH3 is 1. The molecule has 8 heteroatoms. The van der Waals surface area contributed by atoms with Gasteiger partial charge in [-0.25, -0.2) is 4.79 Å². The first-order valence-corrected chi connectivity index (χ1v) is 5.81. The van der Waals surface area contributed by atoms with Gasteiger partial charge in [0.1, 0.15) is 6.23 Å². The van der Waals surface area contributed by atoms with Gasteiger partial charge in [-0.2, -0.15) is 4.39 Å². The average molecular weight is 281 g/mol. The average Bonchev–Trinajstić information content (AvgIpc) is 2.35. The van der Waals surface area contributed by atoms with E-state index < -0.39 is 23.3 Å². The lowest BCUT2D eigenvalue weighted by atomic mass is 10.4. The molecule has 0 fully saturated rings. The van der Waals surface area contributed by atoms with E-state index in [4.69, 9.17) is 21.1 Å². The summed E-state index contributed by atoms with van der Waals surface area (Å²) in [4.78, 5) is 24.2. The van der Waals surface area contributed by atoms with E-state index in [1.54, 1.807) is 0 Å². The largest absolute Gasteiger partial charge is 0.380 e. The van der Waals surface area contributed by atoms with Crippen LogP contribution in [0.4, 0.5) is 4.39 Å². The van der Waals surface area contributed by atoms with Crippen LogP contribution in [0.25, 0.3) is 0 Å². The number of hydrogen-bond donors (Lipinski definition) is 1. The number of rotatable bonds is 7. The van der Waals surface area contributed by atoms with Crippen molar-refractivity contribution in [2.45, 2.75) is 12.6 Å². The molecule has 1 aromatic rings. The summed E-state index contributed by atoms with van der Waals surface area (Å²) in [7, 11) is 1.38. The van der Waals surface area contributed by atoms with Crippen molar-refractivity contribution in [1.82, 2.24) is 9.55 Å². The van der Waals surface area contributed by atoms with Gasteiger partial charge in [-0.3, -0.25) is 14.3 Å². The Morgan fingerprint density at radius 1 is 1.50 bits per heavy atom. The lowest BCUT2D eigenvalue weighted by molar-refractivity contribution is 0.00665. The van der Waals surface area contributed by atoms with Crippen LogP contribution in [-0.2, 0) is 9.47 Å².